The molecule has 156 valence electrons. The highest BCUT2D eigenvalue weighted by atomic mass is 19.2. The van der Waals surface area contributed by atoms with Crippen molar-refractivity contribution in [3.8, 4) is 11.3 Å². The van der Waals surface area contributed by atoms with Crippen LogP contribution in [0.2, 0.25) is 0 Å². The standard InChI is InChI=1S/C27H24F2N2/c1-15(2)17-10-7-11-18(16(3)4)26(17)25-14-30-27-20-9-6-5-8-19(20)21-12-22(28)23(29)13-24(21)31(25)27/h5-16H,1-4H3. The van der Waals surface area contributed by atoms with Gasteiger partial charge in [0.25, 0.3) is 0 Å². The van der Waals surface area contributed by atoms with Crippen LogP contribution in [0.4, 0.5) is 8.78 Å². The van der Waals surface area contributed by atoms with Gasteiger partial charge in [0.15, 0.2) is 11.6 Å². The summed E-state index contributed by atoms with van der Waals surface area (Å²) in [6, 6.07) is 16.8. The molecule has 3 aromatic carbocycles. The number of nitrogens with zero attached hydrogens (tertiary/aromatic N) is 2. The van der Waals surface area contributed by atoms with Crippen molar-refractivity contribution in [3.63, 3.8) is 0 Å². The first-order valence-corrected chi connectivity index (χ1v) is 10.7. The van der Waals surface area contributed by atoms with Crippen LogP contribution >= 0.6 is 0 Å². The van der Waals surface area contributed by atoms with Crippen LogP contribution < -0.4 is 0 Å². The fraction of sp³-hybridized carbons (Fsp3) is 0.222. The van der Waals surface area contributed by atoms with Gasteiger partial charge in [0.1, 0.15) is 5.65 Å². The molecular weight excluding hydrogens is 390 g/mol. The van der Waals surface area contributed by atoms with Gasteiger partial charge in [0.05, 0.1) is 17.4 Å². The lowest BCUT2D eigenvalue weighted by molar-refractivity contribution is 0.510. The highest BCUT2D eigenvalue weighted by Crippen LogP contribution is 2.39. The van der Waals surface area contributed by atoms with Crippen molar-refractivity contribution >= 4 is 27.3 Å². The molecule has 0 saturated heterocycles. The largest absolute Gasteiger partial charge is 0.292 e. The molecule has 0 aliphatic rings. The molecule has 0 amide bonds. The number of fused-ring (bicyclic) bond motifs is 6. The maximum absolute atomic E-state index is 14.4. The van der Waals surface area contributed by atoms with Crippen LogP contribution in [0.25, 0.3) is 38.6 Å². The third-order valence-electron chi connectivity index (χ3n) is 6.13. The van der Waals surface area contributed by atoms with Crippen LogP contribution in [0.15, 0.2) is 60.8 Å². The Morgan fingerprint density at radius 3 is 2.00 bits per heavy atom. The molecule has 2 aromatic heterocycles. The molecule has 5 rings (SSSR count). The van der Waals surface area contributed by atoms with E-state index in [4.69, 9.17) is 4.98 Å². The predicted octanol–water partition coefficient (Wildman–Crippen LogP) is 7.83. The van der Waals surface area contributed by atoms with Gasteiger partial charge < -0.3 is 0 Å². The van der Waals surface area contributed by atoms with Crippen molar-refractivity contribution in [2.45, 2.75) is 39.5 Å². The molecule has 0 radical (unpaired) electrons. The molecule has 5 aromatic rings. The molecule has 0 spiro atoms. The van der Waals surface area contributed by atoms with E-state index in [2.05, 4.69) is 45.9 Å². The van der Waals surface area contributed by atoms with E-state index in [-0.39, 0.29) is 0 Å². The SMILES string of the molecule is CC(C)c1cccc(C(C)C)c1-c1cnc2c3ccccc3c3cc(F)c(F)cc3n12. The van der Waals surface area contributed by atoms with E-state index >= 15 is 0 Å². The molecular formula is C27H24F2N2. The van der Waals surface area contributed by atoms with E-state index < -0.39 is 11.6 Å². The lowest BCUT2D eigenvalue weighted by Crippen LogP contribution is -2.03. The number of pyridine rings is 1. The summed E-state index contributed by atoms with van der Waals surface area (Å²) < 4.78 is 30.7. The van der Waals surface area contributed by atoms with Crippen molar-refractivity contribution < 1.29 is 8.78 Å². The minimum Gasteiger partial charge on any atom is -0.292 e. The lowest BCUT2D eigenvalue weighted by atomic mass is 9.87. The maximum atomic E-state index is 14.4. The second kappa shape index (κ2) is 7.16. The smallest absolute Gasteiger partial charge is 0.160 e. The van der Waals surface area contributed by atoms with Crippen LogP contribution in [0.5, 0.6) is 0 Å². The Kier molecular flexibility index (Phi) is 4.54. The first-order chi connectivity index (χ1) is 14.9. The summed E-state index contributed by atoms with van der Waals surface area (Å²) in [4.78, 5) is 4.77. The molecule has 0 unspecified atom stereocenters. The van der Waals surface area contributed by atoms with E-state index in [1.54, 1.807) is 0 Å². The van der Waals surface area contributed by atoms with Gasteiger partial charge in [-0.1, -0.05) is 70.2 Å². The molecule has 2 nitrogen and oxygen atoms in total. The van der Waals surface area contributed by atoms with Gasteiger partial charge in [-0.15, -0.1) is 0 Å². The average Bonchev–Trinajstić information content (AvgIpc) is 3.19. The van der Waals surface area contributed by atoms with E-state index in [1.165, 1.54) is 23.3 Å². The normalized spacial score (nSPS) is 12.1. The summed E-state index contributed by atoms with van der Waals surface area (Å²) in [6.07, 6.45) is 1.87. The van der Waals surface area contributed by atoms with Crippen LogP contribution in [-0.4, -0.2) is 9.38 Å². The van der Waals surface area contributed by atoms with Gasteiger partial charge >= 0.3 is 0 Å². The Labute approximate surface area is 180 Å². The summed E-state index contributed by atoms with van der Waals surface area (Å²) in [5.41, 5.74) is 5.84. The number of hydrogen-bond acceptors (Lipinski definition) is 1. The molecule has 0 saturated carbocycles. The zero-order chi connectivity index (χ0) is 21.9. The number of hydrogen-bond donors (Lipinski definition) is 0. The third kappa shape index (κ3) is 2.93. The van der Waals surface area contributed by atoms with Gasteiger partial charge in [0.2, 0.25) is 0 Å². The quantitative estimate of drug-likeness (QED) is 0.275. The van der Waals surface area contributed by atoms with Crippen molar-refractivity contribution in [1.29, 1.82) is 0 Å². The van der Waals surface area contributed by atoms with Crippen molar-refractivity contribution in [2.24, 2.45) is 0 Å². The lowest BCUT2D eigenvalue weighted by Gasteiger charge is -2.20. The average molecular weight is 414 g/mol. The van der Waals surface area contributed by atoms with Crippen molar-refractivity contribution in [2.75, 3.05) is 0 Å². The van der Waals surface area contributed by atoms with E-state index in [0.717, 1.165) is 27.7 Å². The minimum absolute atomic E-state index is 0.306. The Bertz CT molecular complexity index is 1440. The topological polar surface area (TPSA) is 17.3 Å². The fourth-order valence-corrected chi connectivity index (χ4v) is 4.66. The van der Waals surface area contributed by atoms with Gasteiger partial charge in [-0.2, -0.15) is 0 Å². The van der Waals surface area contributed by atoms with Crippen molar-refractivity contribution in [3.05, 3.63) is 83.6 Å². The Morgan fingerprint density at radius 2 is 1.35 bits per heavy atom. The van der Waals surface area contributed by atoms with E-state index in [0.29, 0.717) is 22.7 Å². The predicted molar refractivity (Wildman–Crippen MR) is 124 cm³/mol. The number of rotatable bonds is 3. The van der Waals surface area contributed by atoms with Gasteiger partial charge in [-0.25, -0.2) is 13.8 Å². The molecule has 0 aliphatic carbocycles. The summed E-state index contributed by atoms with van der Waals surface area (Å²) in [5.74, 6) is -1.09. The zero-order valence-corrected chi connectivity index (χ0v) is 18.1. The molecule has 0 bridgehead atoms. The molecule has 31 heavy (non-hydrogen) atoms. The molecule has 0 atom stereocenters. The molecule has 2 heterocycles. The molecule has 0 aliphatic heterocycles. The second-order valence-corrected chi connectivity index (χ2v) is 8.75. The molecule has 0 fully saturated rings. The minimum atomic E-state index is -0.857. The zero-order valence-electron chi connectivity index (χ0n) is 18.1. The Morgan fingerprint density at radius 1 is 0.742 bits per heavy atom. The fourth-order valence-electron chi connectivity index (χ4n) is 4.66. The van der Waals surface area contributed by atoms with E-state index in [1.807, 2.05) is 34.9 Å². The van der Waals surface area contributed by atoms with E-state index in [9.17, 15) is 8.78 Å². The second-order valence-electron chi connectivity index (χ2n) is 8.75. The van der Waals surface area contributed by atoms with Crippen LogP contribution in [0.1, 0.15) is 50.7 Å². The summed E-state index contributed by atoms with van der Waals surface area (Å²) in [6.45, 7) is 8.70. The van der Waals surface area contributed by atoms with Crippen molar-refractivity contribution in [1.82, 2.24) is 9.38 Å². The Hall–Kier alpha value is -3.27. The van der Waals surface area contributed by atoms with Gasteiger partial charge in [0, 0.05) is 22.4 Å². The monoisotopic (exact) mass is 414 g/mol. The maximum Gasteiger partial charge on any atom is 0.160 e. The first-order valence-electron chi connectivity index (χ1n) is 10.7. The van der Waals surface area contributed by atoms with Gasteiger partial charge in [-0.3, -0.25) is 4.40 Å². The third-order valence-corrected chi connectivity index (χ3v) is 6.13. The summed E-state index contributed by atoms with van der Waals surface area (Å²) in [7, 11) is 0. The number of benzene rings is 3. The van der Waals surface area contributed by atoms with Crippen LogP contribution in [0.3, 0.4) is 0 Å². The molecule has 4 heteroatoms. The van der Waals surface area contributed by atoms with Gasteiger partial charge in [-0.05, 0) is 34.4 Å². The Balaban J connectivity index is 2.03. The summed E-state index contributed by atoms with van der Waals surface area (Å²) in [5, 5.41) is 2.46. The van der Waals surface area contributed by atoms with Crippen LogP contribution in [0, 0.1) is 11.6 Å². The first kappa shape index (κ1) is 19.7. The number of halogens is 2. The summed E-state index contributed by atoms with van der Waals surface area (Å²) >= 11 is 0. The highest BCUT2D eigenvalue weighted by Gasteiger charge is 2.21. The number of aromatic nitrogens is 2. The highest BCUT2D eigenvalue weighted by molar-refractivity contribution is 6.12. The van der Waals surface area contributed by atoms with Crippen LogP contribution in [-0.2, 0) is 0 Å². The number of imidazole rings is 1. The molecule has 0 N–H and O–H groups in total.